The average molecular weight is 111 g/mol. The van der Waals surface area contributed by atoms with Gasteiger partial charge in [0.05, 0.1) is 0 Å². The Bertz CT molecular complexity index is 92.6. The Morgan fingerprint density at radius 1 is 1.50 bits per heavy atom. The van der Waals surface area contributed by atoms with Gasteiger partial charge in [-0.1, -0.05) is 19.9 Å². The molecule has 46 valence electrons. The van der Waals surface area contributed by atoms with Gasteiger partial charge in [0, 0.05) is 5.71 Å². The van der Waals surface area contributed by atoms with Crippen LogP contribution < -0.4 is 0 Å². The molecule has 0 aromatic carbocycles. The van der Waals surface area contributed by atoms with E-state index in [-0.39, 0.29) is 0 Å². The molecular weight excluding hydrogens is 98.1 g/mol. The molecule has 0 amide bonds. The van der Waals surface area contributed by atoms with Gasteiger partial charge in [0.2, 0.25) is 0 Å². The Morgan fingerprint density at radius 3 is 2.50 bits per heavy atom. The first kappa shape index (κ1) is 7.41. The van der Waals surface area contributed by atoms with Crippen LogP contribution in [0.2, 0.25) is 0 Å². The summed E-state index contributed by atoms with van der Waals surface area (Å²) in [5.41, 5.74) is 0.715. The Labute approximate surface area is 50.9 Å². The van der Waals surface area contributed by atoms with Crippen LogP contribution >= 0.6 is 0 Å². The van der Waals surface area contributed by atoms with E-state index in [1.165, 1.54) is 0 Å². The lowest BCUT2D eigenvalue weighted by atomic mass is 10.2. The highest BCUT2D eigenvalue weighted by atomic mass is 14.4. The van der Waals surface area contributed by atoms with Gasteiger partial charge < -0.3 is 5.41 Å². The van der Waals surface area contributed by atoms with E-state index in [0.29, 0.717) is 5.71 Å². The lowest BCUT2D eigenvalue weighted by molar-refractivity contribution is 1.21. The van der Waals surface area contributed by atoms with Crippen LogP contribution in [0.1, 0.15) is 26.7 Å². The van der Waals surface area contributed by atoms with E-state index in [1.54, 1.807) is 0 Å². The number of allylic oxidation sites excluding steroid dienone is 2. The zero-order valence-corrected chi connectivity index (χ0v) is 5.57. The highest BCUT2D eigenvalue weighted by Crippen LogP contribution is 1.85. The molecule has 0 unspecified atom stereocenters. The van der Waals surface area contributed by atoms with Crippen molar-refractivity contribution in [1.29, 1.82) is 5.41 Å². The number of nitrogens with one attached hydrogen (secondary N) is 1. The predicted molar refractivity (Wildman–Crippen MR) is 37.4 cm³/mol. The summed E-state index contributed by atoms with van der Waals surface area (Å²) in [5.74, 6) is 0. The summed E-state index contributed by atoms with van der Waals surface area (Å²) >= 11 is 0. The van der Waals surface area contributed by atoms with Crippen molar-refractivity contribution in [1.82, 2.24) is 0 Å². The third-order valence-electron chi connectivity index (χ3n) is 0.936. The molecule has 0 saturated heterocycles. The molecule has 0 spiro atoms. The standard InChI is InChI=1S/C7H13N/c1-3-5-6-7(8)4-2/h5-6,8H,3-4H2,1-2H3. The molecule has 1 N–H and O–H groups in total. The minimum atomic E-state index is 0.715. The van der Waals surface area contributed by atoms with E-state index in [2.05, 4.69) is 6.92 Å². The first-order valence-corrected chi connectivity index (χ1v) is 3.05. The topological polar surface area (TPSA) is 23.9 Å². The summed E-state index contributed by atoms with van der Waals surface area (Å²) in [5, 5.41) is 7.15. The van der Waals surface area contributed by atoms with Crippen LogP contribution in [0.25, 0.3) is 0 Å². The van der Waals surface area contributed by atoms with Crippen molar-refractivity contribution in [3.05, 3.63) is 12.2 Å². The van der Waals surface area contributed by atoms with E-state index in [1.807, 2.05) is 19.1 Å². The monoisotopic (exact) mass is 111 g/mol. The Morgan fingerprint density at radius 2 is 2.12 bits per heavy atom. The minimum Gasteiger partial charge on any atom is -0.305 e. The molecule has 0 saturated carbocycles. The molecule has 0 aliphatic rings. The van der Waals surface area contributed by atoms with Crippen molar-refractivity contribution in [2.45, 2.75) is 26.7 Å². The average Bonchev–Trinajstić information content (AvgIpc) is 1.83. The van der Waals surface area contributed by atoms with E-state index in [4.69, 9.17) is 5.41 Å². The van der Waals surface area contributed by atoms with Crippen LogP contribution in [0.3, 0.4) is 0 Å². The summed E-state index contributed by atoms with van der Waals surface area (Å²) in [6, 6.07) is 0. The molecule has 0 heterocycles. The fourth-order valence-electron chi connectivity index (χ4n) is 0.378. The second-order valence-electron chi connectivity index (χ2n) is 1.69. The molecule has 0 aromatic rings. The summed E-state index contributed by atoms with van der Waals surface area (Å²) in [6.07, 6.45) is 5.74. The summed E-state index contributed by atoms with van der Waals surface area (Å²) in [6.45, 7) is 4.06. The maximum atomic E-state index is 7.15. The van der Waals surface area contributed by atoms with E-state index >= 15 is 0 Å². The molecule has 0 bridgehead atoms. The van der Waals surface area contributed by atoms with Gasteiger partial charge >= 0.3 is 0 Å². The van der Waals surface area contributed by atoms with Crippen LogP contribution in [0, 0.1) is 5.41 Å². The molecule has 0 aliphatic carbocycles. The van der Waals surface area contributed by atoms with Gasteiger partial charge in [-0.25, -0.2) is 0 Å². The number of rotatable bonds is 3. The molecule has 0 fully saturated rings. The molecule has 1 nitrogen and oxygen atoms in total. The molecular formula is C7H13N. The summed E-state index contributed by atoms with van der Waals surface area (Å²) in [4.78, 5) is 0. The molecule has 0 radical (unpaired) electrons. The smallest absolute Gasteiger partial charge is 0.0308 e. The summed E-state index contributed by atoms with van der Waals surface area (Å²) < 4.78 is 0. The molecule has 8 heavy (non-hydrogen) atoms. The van der Waals surface area contributed by atoms with Crippen LogP contribution in [0.4, 0.5) is 0 Å². The van der Waals surface area contributed by atoms with Crippen LogP contribution in [-0.4, -0.2) is 5.71 Å². The fraction of sp³-hybridized carbons (Fsp3) is 0.571. The third kappa shape index (κ3) is 3.59. The van der Waals surface area contributed by atoms with Gasteiger partial charge in [-0.05, 0) is 18.9 Å². The number of hydrogen-bond donors (Lipinski definition) is 1. The zero-order chi connectivity index (χ0) is 6.41. The lowest BCUT2D eigenvalue weighted by Crippen LogP contribution is -1.84. The highest BCUT2D eigenvalue weighted by molar-refractivity contribution is 5.91. The molecule has 1 heteroatoms. The van der Waals surface area contributed by atoms with Crippen molar-refractivity contribution < 1.29 is 0 Å². The van der Waals surface area contributed by atoms with Crippen LogP contribution in [0.15, 0.2) is 12.2 Å². The van der Waals surface area contributed by atoms with Crippen LogP contribution in [-0.2, 0) is 0 Å². The van der Waals surface area contributed by atoms with Gasteiger partial charge in [0.1, 0.15) is 0 Å². The van der Waals surface area contributed by atoms with Crippen molar-refractivity contribution in [2.75, 3.05) is 0 Å². The van der Waals surface area contributed by atoms with Gasteiger partial charge in [-0.2, -0.15) is 0 Å². The van der Waals surface area contributed by atoms with Gasteiger partial charge in [-0.3, -0.25) is 0 Å². The van der Waals surface area contributed by atoms with Gasteiger partial charge in [-0.15, -0.1) is 0 Å². The van der Waals surface area contributed by atoms with Crippen molar-refractivity contribution in [3.63, 3.8) is 0 Å². The number of hydrogen-bond acceptors (Lipinski definition) is 1. The predicted octanol–water partition coefficient (Wildman–Crippen LogP) is 2.38. The zero-order valence-electron chi connectivity index (χ0n) is 5.57. The third-order valence-corrected chi connectivity index (χ3v) is 0.936. The largest absolute Gasteiger partial charge is 0.305 e. The normalized spacial score (nSPS) is 10.2. The minimum absolute atomic E-state index is 0.715. The maximum absolute atomic E-state index is 7.15. The van der Waals surface area contributed by atoms with Crippen molar-refractivity contribution in [3.8, 4) is 0 Å². The van der Waals surface area contributed by atoms with E-state index < -0.39 is 0 Å². The molecule has 0 rings (SSSR count). The lowest BCUT2D eigenvalue weighted by Gasteiger charge is -1.85. The first-order valence-electron chi connectivity index (χ1n) is 3.05. The fourth-order valence-corrected chi connectivity index (χ4v) is 0.378. The maximum Gasteiger partial charge on any atom is 0.0308 e. The van der Waals surface area contributed by atoms with Crippen molar-refractivity contribution >= 4 is 5.71 Å². The molecule has 0 aliphatic heterocycles. The van der Waals surface area contributed by atoms with Crippen molar-refractivity contribution in [2.24, 2.45) is 0 Å². The Balaban J connectivity index is 3.37. The molecule has 0 atom stereocenters. The quantitative estimate of drug-likeness (QED) is 0.541. The second-order valence-corrected chi connectivity index (χ2v) is 1.69. The van der Waals surface area contributed by atoms with E-state index in [0.717, 1.165) is 12.8 Å². The first-order chi connectivity index (χ1) is 3.81. The highest BCUT2D eigenvalue weighted by Gasteiger charge is 1.79. The second kappa shape index (κ2) is 4.57. The summed E-state index contributed by atoms with van der Waals surface area (Å²) in [7, 11) is 0. The SMILES string of the molecule is CCC=CC(=N)CC. The van der Waals surface area contributed by atoms with E-state index in [9.17, 15) is 0 Å². The van der Waals surface area contributed by atoms with Gasteiger partial charge in [0.15, 0.2) is 0 Å². The Hall–Kier alpha value is -0.590. The Kier molecular flexibility index (Phi) is 4.23. The van der Waals surface area contributed by atoms with Gasteiger partial charge in [0.25, 0.3) is 0 Å². The molecule has 0 aromatic heterocycles. The van der Waals surface area contributed by atoms with Crippen LogP contribution in [0.5, 0.6) is 0 Å².